The van der Waals surface area contributed by atoms with E-state index in [9.17, 15) is 0 Å². The molecule has 0 spiro atoms. The third kappa shape index (κ3) is 0.876. The van der Waals surface area contributed by atoms with Gasteiger partial charge in [-0.25, -0.2) is 0 Å². The second-order valence-electron chi connectivity index (χ2n) is 1.77. The van der Waals surface area contributed by atoms with Crippen molar-refractivity contribution in [3.05, 3.63) is 12.1 Å². The summed E-state index contributed by atoms with van der Waals surface area (Å²) in [5, 5.41) is 1.92. The molecule has 0 amide bonds. The Balaban J connectivity index is 2.37. The highest BCUT2D eigenvalue weighted by Crippen LogP contribution is 2.32. The van der Waals surface area contributed by atoms with E-state index >= 15 is 0 Å². The lowest BCUT2D eigenvalue weighted by molar-refractivity contribution is 0.228. The smallest absolute Gasteiger partial charge is 0.177 e. The lowest BCUT2D eigenvalue weighted by Crippen LogP contribution is -2.06. The predicted octanol–water partition coefficient (Wildman–Crippen LogP) is 1.52. The first kappa shape index (κ1) is 5.11. The lowest BCUT2D eigenvalue weighted by Gasteiger charge is -2.00. The minimum absolute atomic E-state index is 0.677. The van der Waals surface area contributed by atoms with Crippen molar-refractivity contribution < 1.29 is 9.47 Å². The number of fused-ring (bicyclic) bond motifs is 2. The molecule has 2 bridgehead atoms. The van der Waals surface area contributed by atoms with Crippen molar-refractivity contribution in [2.75, 3.05) is 13.2 Å². The average molecular weight is 142 g/mol. The SMILES string of the molecule is c1cc2sc1OCCO2. The minimum Gasteiger partial charge on any atom is -0.480 e. The van der Waals surface area contributed by atoms with Gasteiger partial charge in [0.05, 0.1) is 0 Å². The van der Waals surface area contributed by atoms with E-state index in [1.165, 1.54) is 0 Å². The first-order valence-corrected chi connectivity index (χ1v) is 3.62. The van der Waals surface area contributed by atoms with Gasteiger partial charge in [0.15, 0.2) is 10.1 Å². The Morgan fingerprint density at radius 1 is 1.11 bits per heavy atom. The molecule has 0 N–H and O–H groups in total. The molecule has 2 nitrogen and oxygen atoms in total. The predicted molar refractivity (Wildman–Crippen MR) is 35.3 cm³/mol. The molecule has 2 heterocycles. The first-order valence-electron chi connectivity index (χ1n) is 2.80. The molecule has 0 aliphatic carbocycles. The number of hydrogen-bond donors (Lipinski definition) is 0. The molecule has 0 aromatic carbocycles. The molecule has 9 heavy (non-hydrogen) atoms. The number of rotatable bonds is 0. The van der Waals surface area contributed by atoms with Crippen molar-refractivity contribution in [2.24, 2.45) is 0 Å². The quantitative estimate of drug-likeness (QED) is 0.546. The van der Waals surface area contributed by atoms with Crippen molar-refractivity contribution >= 4 is 11.3 Å². The number of hydrogen-bond acceptors (Lipinski definition) is 3. The molecule has 1 aliphatic rings. The van der Waals surface area contributed by atoms with E-state index in [0.717, 1.165) is 10.1 Å². The summed E-state index contributed by atoms with van der Waals surface area (Å²) >= 11 is 1.55. The third-order valence-electron chi connectivity index (χ3n) is 1.13. The van der Waals surface area contributed by atoms with E-state index in [2.05, 4.69) is 0 Å². The summed E-state index contributed by atoms with van der Waals surface area (Å²) < 4.78 is 10.5. The topological polar surface area (TPSA) is 18.5 Å². The highest BCUT2D eigenvalue weighted by molar-refractivity contribution is 7.15. The Bertz CT molecular complexity index is 186. The van der Waals surface area contributed by atoms with Gasteiger partial charge in [-0.1, -0.05) is 11.3 Å². The first-order chi connectivity index (χ1) is 4.45. The van der Waals surface area contributed by atoms with Crippen molar-refractivity contribution in [1.29, 1.82) is 0 Å². The van der Waals surface area contributed by atoms with Crippen LogP contribution in [0.4, 0.5) is 0 Å². The van der Waals surface area contributed by atoms with Crippen LogP contribution < -0.4 is 9.47 Å². The van der Waals surface area contributed by atoms with Gasteiger partial charge in [0, 0.05) is 0 Å². The monoisotopic (exact) mass is 142 g/mol. The van der Waals surface area contributed by atoms with E-state index in [4.69, 9.17) is 9.47 Å². The maximum Gasteiger partial charge on any atom is 0.177 e. The van der Waals surface area contributed by atoms with Crippen LogP contribution in [0.25, 0.3) is 0 Å². The van der Waals surface area contributed by atoms with Gasteiger partial charge in [0.25, 0.3) is 0 Å². The lowest BCUT2D eigenvalue weighted by atomic mass is 10.6. The Morgan fingerprint density at radius 3 is 2.22 bits per heavy atom. The van der Waals surface area contributed by atoms with Gasteiger partial charge >= 0.3 is 0 Å². The molecular formula is C6H6O2S. The standard InChI is InChI=1S/C6H6O2S/c1-2-6-8-4-3-7-5(1)9-6/h1-2H,3-4H2. The summed E-state index contributed by atoms with van der Waals surface area (Å²) in [5.41, 5.74) is 0. The zero-order valence-corrected chi connectivity index (χ0v) is 5.61. The summed E-state index contributed by atoms with van der Waals surface area (Å²) in [6.07, 6.45) is 0. The molecule has 0 fully saturated rings. The molecule has 1 aromatic heterocycles. The fourth-order valence-corrected chi connectivity index (χ4v) is 1.50. The van der Waals surface area contributed by atoms with Crippen LogP contribution in [-0.4, -0.2) is 13.2 Å². The molecular weight excluding hydrogens is 136 g/mol. The van der Waals surface area contributed by atoms with E-state index in [0.29, 0.717) is 13.2 Å². The second kappa shape index (κ2) is 1.92. The van der Waals surface area contributed by atoms with Crippen LogP contribution in [0.5, 0.6) is 10.1 Å². The molecule has 0 saturated carbocycles. The molecule has 48 valence electrons. The van der Waals surface area contributed by atoms with Crippen LogP contribution >= 0.6 is 11.3 Å². The van der Waals surface area contributed by atoms with E-state index < -0.39 is 0 Å². The van der Waals surface area contributed by atoms with Crippen LogP contribution in [0, 0.1) is 0 Å². The van der Waals surface area contributed by atoms with Gasteiger partial charge in [-0.05, 0) is 12.1 Å². The van der Waals surface area contributed by atoms with E-state index in [1.807, 2.05) is 12.1 Å². The van der Waals surface area contributed by atoms with Crippen molar-refractivity contribution in [1.82, 2.24) is 0 Å². The molecule has 0 atom stereocenters. The molecule has 0 unspecified atom stereocenters. The second-order valence-corrected chi connectivity index (χ2v) is 2.78. The summed E-state index contributed by atoms with van der Waals surface area (Å²) in [4.78, 5) is 0. The molecule has 1 aliphatic heterocycles. The van der Waals surface area contributed by atoms with Crippen LogP contribution in [0.1, 0.15) is 0 Å². The highest BCUT2D eigenvalue weighted by atomic mass is 32.1. The zero-order valence-electron chi connectivity index (χ0n) is 4.79. The molecule has 0 radical (unpaired) electrons. The third-order valence-corrected chi connectivity index (χ3v) is 2.04. The Labute approximate surface area is 57.0 Å². The van der Waals surface area contributed by atoms with Crippen LogP contribution in [0.2, 0.25) is 0 Å². The fourth-order valence-electron chi connectivity index (χ4n) is 0.743. The minimum atomic E-state index is 0.677. The van der Waals surface area contributed by atoms with Crippen molar-refractivity contribution in [3.8, 4) is 10.1 Å². The number of ether oxygens (including phenoxy) is 2. The van der Waals surface area contributed by atoms with Crippen molar-refractivity contribution in [2.45, 2.75) is 0 Å². The molecule has 3 heteroatoms. The summed E-state index contributed by atoms with van der Waals surface area (Å²) in [6, 6.07) is 3.86. The van der Waals surface area contributed by atoms with Gasteiger partial charge in [0.1, 0.15) is 13.2 Å². The van der Waals surface area contributed by atoms with Crippen LogP contribution in [-0.2, 0) is 0 Å². The average Bonchev–Trinajstić information content (AvgIpc) is 2.09. The van der Waals surface area contributed by atoms with E-state index in [-0.39, 0.29) is 0 Å². The Kier molecular flexibility index (Phi) is 1.09. The normalized spacial score (nSPS) is 15.6. The summed E-state index contributed by atoms with van der Waals surface area (Å²) in [5.74, 6) is 0. The Hall–Kier alpha value is -0.700. The maximum absolute atomic E-state index is 5.24. The van der Waals surface area contributed by atoms with Gasteiger partial charge in [-0.3, -0.25) is 0 Å². The molecule has 0 saturated heterocycles. The van der Waals surface area contributed by atoms with Gasteiger partial charge in [-0.15, -0.1) is 0 Å². The van der Waals surface area contributed by atoms with Gasteiger partial charge < -0.3 is 9.47 Å². The fraction of sp³-hybridized carbons (Fsp3) is 0.333. The molecule has 2 rings (SSSR count). The molecule has 1 aromatic rings. The Morgan fingerprint density at radius 2 is 1.67 bits per heavy atom. The van der Waals surface area contributed by atoms with Crippen LogP contribution in [0.15, 0.2) is 12.1 Å². The summed E-state index contributed by atoms with van der Waals surface area (Å²) in [6.45, 7) is 1.35. The van der Waals surface area contributed by atoms with Crippen LogP contribution in [0.3, 0.4) is 0 Å². The van der Waals surface area contributed by atoms with Gasteiger partial charge in [0.2, 0.25) is 0 Å². The maximum atomic E-state index is 5.24. The highest BCUT2D eigenvalue weighted by Gasteiger charge is 2.05. The van der Waals surface area contributed by atoms with E-state index in [1.54, 1.807) is 11.3 Å². The largest absolute Gasteiger partial charge is 0.480 e. The van der Waals surface area contributed by atoms with Gasteiger partial charge in [-0.2, -0.15) is 0 Å². The zero-order chi connectivity index (χ0) is 6.10. The van der Waals surface area contributed by atoms with Crippen molar-refractivity contribution in [3.63, 3.8) is 0 Å². The summed E-state index contributed by atoms with van der Waals surface area (Å²) in [7, 11) is 0. The number of thiophene rings is 1.